The number of hydrogen-bond acceptors (Lipinski definition) is 3. The fourth-order valence-electron chi connectivity index (χ4n) is 1.86. The van der Waals surface area contributed by atoms with Crippen LogP contribution in [0, 0.1) is 0 Å². The predicted octanol–water partition coefficient (Wildman–Crippen LogP) is 2.21. The first-order valence-electron chi connectivity index (χ1n) is 6.13. The van der Waals surface area contributed by atoms with Gasteiger partial charge in [-0.3, -0.25) is 0 Å². The maximum absolute atomic E-state index is 5.73. The summed E-state index contributed by atoms with van der Waals surface area (Å²) in [7, 11) is 1.75. The van der Waals surface area contributed by atoms with Crippen LogP contribution >= 0.6 is 0 Å². The molecule has 0 aliphatic rings. The quantitative estimate of drug-likeness (QED) is 0.569. The minimum absolute atomic E-state index is 0.340. The van der Waals surface area contributed by atoms with E-state index in [1.807, 2.05) is 0 Å². The second-order valence-corrected chi connectivity index (χ2v) is 3.70. The Labute approximate surface area is 94.5 Å². The number of nitrogens with one attached hydrogen (secondary N) is 1. The first-order chi connectivity index (χ1) is 7.29. The third-order valence-corrected chi connectivity index (χ3v) is 2.56. The van der Waals surface area contributed by atoms with Gasteiger partial charge in [0.2, 0.25) is 0 Å². The van der Waals surface area contributed by atoms with E-state index in [2.05, 4.69) is 26.1 Å². The van der Waals surface area contributed by atoms with Gasteiger partial charge in [0.15, 0.2) is 0 Å². The Kier molecular flexibility index (Phi) is 10.3. The highest BCUT2D eigenvalue weighted by Crippen LogP contribution is 2.10. The van der Waals surface area contributed by atoms with Crippen LogP contribution in [-0.4, -0.2) is 39.0 Å². The van der Waals surface area contributed by atoms with Crippen LogP contribution in [0.4, 0.5) is 0 Å². The lowest BCUT2D eigenvalue weighted by Crippen LogP contribution is -2.41. The van der Waals surface area contributed by atoms with E-state index in [1.54, 1.807) is 7.11 Å². The molecule has 0 aromatic carbocycles. The topological polar surface area (TPSA) is 30.5 Å². The second kappa shape index (κ2) is 10.4. The molecule has 0 saturated carbocycles. The zero-order chi connectivity index (χ0) is 11.5. The van der Waals surface area contributed by atoms with Crippen molar-refractivity contribution in [3.05, 3.63) is 0 Å². The van der Waals surface area contributed by atoms with Gasteiger partial charge >= 0.3 is 0 Å². The molecule has 0 aliphatic carbocycles. The van der Waals surface area contributed by atoms with Crippen molar-refractivity contribution in [3.63, 3.8) is 0 Å². The first kappa shape index (κ1) is 14.9. The highest BCUT2D eigenvalue weighted by atomic mass is 16.5. The molecule has 2 unspecified atom stereocenters. The minimum Gasteiger partial charge on any atom is -0.385 e. The van der Waals surface area contributed by atoms with Gasteiger partial charge in [-0.25, -0.2) is 0 Å². The van der Waals surface area contributed by atoms with E-state index >= 15 is 0 Å². The Balaban J connectivity index is 3.95. The Morgan fingerprint density at radius 2 is 1.93 bits per heavy atom. The van der Waals surface area contributed by atoms with E-state index in [-0.39, 0.29) is 0 Å². The fraction of sp³-hybridized carbons (Fsp3) is 1.00. The summed E-state index contributed by atoms with van der Waals surface area (Å²) in [5, 5.41) is 3.50. The van der Waals surface area contributed by atoms with Crippen LogP contribution in [-0.2, 0) is 9.47 Å². The Morgan fingerprint density at radius 3 is 2.40 bits per heavy atom. The Bertz CT molecular complexity index is 131. The van der Waals surface area contributed by atoms with E-state index in [0.717, 1.165) is 39.0 Å². The van der Waals surface area contributed by atoms with Crippen molar-refractivity contribution in [1.29, 1.82) is 0 Å². The predicted molar refractivity (Wildman–Crippen MR) is 64.3 cm³/mol. The monoisotopic (exact) mass is 217 g/mol. The highest BCUT2D eigenvalue weighted by Gasteiger charge is 2.18. The summed E-state index contributed by atoms with van der Waals surface area (Å²) in [6.45, 7) is 9.01. The lowest BCUT2D eigenvalue weighted by molar-refractivity contribution is 0.0277. The molecule has 0 fully saturated rings. The summed E-state index contributed by atoms with van der Waals surface area (Å²) in [6.07, 6.45) is 3.63. The van der Waals surface area contributed by atoms with Gasteiger partial charge in [0.1, 0.15) is 0 Å². The summed E-state index contributed by atoms with van der Waals surface area (Å²) in [6, 6.07) is 0.468. The van der Waals surface area contributed by atoms with Gasteiger partial charge in [-0.1, -0.05) is 13.8 Å². The van der Waals surface area contributed by atoms with E-state index in [1.165, 1.54) is 0 Å². The first-order valence-corrected chi connectivity index (χ1v) is 6.13. The molecule has 15 heavy (non-hydrogen) atoms. The summed E-state index contributed by atoms with van der Waals surface area (Å²) >= 11 is 0. The molecule has 2 atom stereocenters. The molecule has 0 amide bonds. The summed E-state index contributed by atoms with van der Waals surface area (Å²) in [5.74, 6) is 0. The number of ether oxygens (including phenoxy) is 2. The van der Waals surface area contributed by atoms with Crippen LogP contribution in [0.1, 0.15) is 40.0 Å². The molecule has 0 saturated heterocycles. The summed E-state index contributed by atoms with van der Waals surface area (Å²) < 4.78 is 10.8. The van der Waals surface area contributed by atoms with Gasteiger partial charge < -0.3 is 14.8 Å². The van der Waals surface area contributed by atoms with Crippen LogP contribution < -0.4 is 5.32 Å². The molecule has 0 heterocycles. The Morgan fingerprint density at radius 1 is 1.20 bits per heavy atom. The van der Waals surface area contributed by atoms with Crippen LogP contribution in [0.2, 0.25) is 0 Å². The molecule has 0 bridgehead atoms. The summed E-state index contributed by atoms with van der Waals surface area (Å²) in [4.78, 5) is 0. The fourth-order valence-corrected chi connectivity index (χ4v) is 1.86. The smallest absolute Gasteiger partial charge is 0.0725 e. The number of methoxy groups -OCH3 is 1. The molecule has 0 rings (SSSR count). The van der Waals surface area contributed by atoms with E-state index < -0.39 is 0 Å². The largest absolute Gasteiger partial charge is 0.385 e. The maximum Gasteiger partial charge on any atom is 0.0725 e. The van der Waals surface area contributed by atoms with Gasteiger partial charge in [0.25, 0.3) is 0 Å². The average molecular weight is 217 g/mol. The lowest BCUT2D eigenvalue weighted by atomic mass is 10.0. The molecule has 0 aliphatic heterocycles. The van der Waals surface area contributed by atoms with Crippen molar-refractivity contribution in [1.82, 2.24) is 5.32 Å². The van der Waals surface area contributed by atoms with E-state index in [4.69, 9.17) is 9.47 Å². The SMILES string of the molecule is CCNC(CCCOC)C(CC)OCC. The molecule has 0 aromatic rings. The van der Waals surface area contributed by atoms with E-state index in [0.29, 0.717) is 12.1 Å². The minimum atomic E-state index is 0.340. The number of rotatable bonds is 10. The zero-order valence-corrected chi connectivity index (χ0v) is 10.7. The van der Waals surface area contributed by atoms with Gasteiger partial charge in [0, 0.05) is 26.4 Å². The van der Waals surface area contributed by atoms with Gasteiger partial charge in [-0.15, -0.1) is 0 Å². The second-order valence-electron chi connectivity index (χ2n) is 3.70. The molecule has 0 radical (unpaired) electrons. The number of hydrogen-bond donors (Lipinski definition) is 1. The van der Waals surface area contributed by atoms with Gasteiger partial charge in [0.05, 0.1) is 6.10 Å². The molecule has 3 nitrogen and oxygen atoms in total. The molecule has 0 spiro atoms. The third-order valence-electron chi connectivity index (χ3n) is 2.56. The average Bonchev–Trinajstić information content (AvgIpc) is 2.25. The third kappa shape index (κ3) is 6.88. The van der Waals surface area contributed by atoms with Crippen molar-refractivity contribution in [2.75, 3.05) is 26.9 Å². The molecule has 1 N–H and O–H groups in total. The molecule has 3 heteroatoms. The van der Waals surface area contributed by atoms with Crippen molar-refractivity contribution in [2.45, 2.75) is 52.2 Å². The number of likely N-dealkylation sites (N-methyl/N-ethyl adjacent to an activating group) is 1. The van der Waals surface area contributed by atoms with Crippen molar-refractivity contribution in [3.8, 4) is 0 Å². The maximum atomic E-state index is 5.73. The summed E-state index contributed by atoms with van der Waals surface area (Å²) in [5.41, 5.74) is 0. The molecular weight excluding hydrogens is 190 g/mol. The van der Waals surface area contributed by atoms with Crippen molar-refractivity contribution >= 4 is 0 Å². The van der Waals surface area contributed by atoms with Crippen molar-refractivity contribution in [2.24, 2.45) is 0 Å². The zero-order valence-electron chi connectivity index (χ0n) is 10.7. The highest BCUT2D eigenvalue weighted by molar-refractivity contribution is 4.75. The van der Waals surface area contributed by atoms with Crippen LogP contribution in [0.3, 0.4) is 0 Å². The van der Waals surface area contributed by atoms with Crippen LogP contribution in [0.15, 0.2) is 0 Å². The molecular formula is C12H27NO2. The molecule has 92 valence electrons. The normalized spacial score (nSPS) is 15.2. The van der Waals surface area contributed by atoms with Gasteiger partial charge in [-0.05, 0) is 32.7 Å². The van der Waals surface area contributed by atoms with E-state index in [9.17, 15) is 0 Å². The molecule has 0 aromatic heterocycles. The van der Waals surface area contributed by atoms with Crippen LogP contribution in [0.5, 0.6) is 0 Å². The lowest BCUT2D eigenvalue weighted by Gasteiger charge is -2.26. The Hall–Kier alpha value is -0.120. The van der Waals surface area contributed by atoms with Crippen molar-refractivity contribution < 1.29 is 9.47 Å². The van der Waals surface area contributed by atoms with Crippen LogP contribution in [0.25, 0.3) is 0 Å². The van der Waals surface area contributed by atoms with Gasteiger partial charge in [-0.2, -0.15) is 0 Å². The standard InChI is InChI=1S/C12H27NO2/c1-5-12(15-7-3)11(13-6-2)9-8-10-14-4/h11-13H,5-10H2,1-4H3.